The van der Waals surface area contributed by atoms with Crippen LogP contribution < -0.4 is 11.5 Å². The SMILES string of the molecule is Nn1ncn(Cc2ccc([N+](=O)[O-])cc2)c1=O. The van der Waals surface area contributed by atoms with E-state index in [1.807, 2.05) is 0 Å². The molecule has 1 aromatic carbocycles. The fourth-order valence-electron chi connectivity index (χ4n) is 1.38. The summed E-state index contributed by atoms with van der Waals surface area (Å²) in [5.74, 6) is 5.24. The molecule has 0 unspecified atom stereocenters. The topological polar surface area (TPSA) is 109 Å². The average molecular weight is 235 g/mol. The molecule has 17 heavy (non-hydrogen) atoms. The molecule has 2 aromatic rings. The maximum Gasteiger partial charge on any atom is 0.365 e. The number of nitrogens with zero attached hydrogens (tertiary/aromatic N) is 4. The van der Waals surface area contributed by atoms with E-state index in [-0.39, 0.29) is 12.2 Å². The number of nitrogens with two attached hydrogens (primary N) is 1. The van der Waals surface area contributed by atoms with E-state index in [0.717, 1.165) is 10.4 Å². The molecule has 1 heterocycles. The first-order valence-electron chi connectivity index (χ1n) is 4.71. The number of nitrogen functional groups attached to an aromatic ring is 1. The maximum atomic E-state index is 11.4. The summed E-state index contributed by atoms with van der Waals surface area (Å²) in [6.07, 6.45) is 1.31. The van der Waals surface area contributed by atoms with Crippen LogP contribution in [0.2, 0.25) is 0 Å². The van der Waals surface area contributed by atoms with Crippen LogP contribution >= 0.6 is 0 Å². The first-order valence-corrected chi connectivity index (χ1v) is 4.71. The zero-order valence-corrected chi connectivity index (χ0v) is 8.68. The molecule has 8 heteroatoms. The lowest BCUT2D eigenvalue weighted by Gasteiger charge is -2.00. The Kier molecular flexibility index (Phi) is 2.61. The summed E-state index contributed by atoms with van der Waals surface area (Å²) in [5.41, 5.74) is 0.324. The third-order valence-corrected chi connectivity index (χ3v) is 2.26. The molecule has 0 bridgehead atoms. The Morgan fingerprint density at radius 3 is 2.47 bits per heavy atom. The summed E-state index contributed by atoms with van der Waals surface area (Å²) in [7, 11) is 0. The smallest absolute Gasteiger partial charge is 0.318 e. The molecule has 8 nitrogen and oxygen atoms in total. The Morgan fingerprint density at radius 1 is 1.35 bits per heavy atom. The van der Waals surface area contributed by atoms with Crippen molar-refractivity contribution >= 4 is 5.69 Å². The van der Waals surface area contributed by atoms with Gasteiger partial charge in [-0.25, -0.2) is 4.79 Å². The quantitative estimate of drug-likeness (QED) is 0.447. The number of aromatic nitrogens is 3. The largest absolute Gasteiger partial charge is 0.365 e. The molecule has 0 fully saturated rings. The average Bonchev–Trinajstić information content (AvgIpc) is 2.62. The zero-order chi connectivity index (χ0) is 12.4. The molecule has 0 aliphatic heterocycles. The monoisotopic (exact) mass is 235 g/mol. The summed E-state index contributed by atoms with van der Waals surface area (Å²) in [6, 6.07) is 5.93. The first-order chi connectivity index (χ1) is 8.08. The van der Waals surface area contributed by atoms with Gasteiger partial charge in [0.05, 0.1) is 11.5 Å². The van der Waals surface area contributed by atoms with E-state index >= 15 is 0 Å². The third kappa shape index (κ3) is 2.14. The Labute approximate surface area is 95.0 Å². The van der Waals surface area contributed by atoms with Crippen LogP contribution in [0.1, 0.15) is 5.56 Å². The number of non-ortho nitro benzene ring substituents is 1. The fourth-order valence-corrected chi connectivity index (χ4v) is 1.38. The number of benzene rings is 1. The van der Waals surface area contributed by atoms with Gasteiger partial charge in [0.1, 0.15) is 6.33 Å². The van der Waals surface area contributed by atoms with Gasteiger partial charge in [0, 0.05) is 12.1 Å². The predicted molar refractivity (Wildman–Crippen MR) is 58.8 cm³/mol. The maximum absolute atomic E-state index is 11.4. The van der Waals surface area contributed by atoms with E-state index in [4.69, 9.17) is 5.84 Å². The van der Waals surface area contributed by atoms with Crippen molar-refractivity contribution in [2.75, 3.05) is 5.84 Å². The van der Waals surface area contributed by atoms with Crippen LogP contribution in [0.3, 0.4) is 0 Å². The van der Waals surface area contributed by atoms with Crippen LogP contribution in [-0.2, 0) is 6.54 Å². The van der Waals surface area contributed by atoms with Crippen molar-refractivity contribution in [2.24, 2.45) is 0 Å². The van der Waals surface area contributed by atoms with E-state index < -0.39 is 10.6 Å². The molecule has 0 aliphatic carbocycles. The van der Waals surface area contributed by atoms with E-state index in [0.29, 0.717) is 0 Å². The van der Waals surface area contributed by atoms with E-state index in [2.05, 4.69) is 5.10 Å². The second-order valence-corrected chi connectivity index (χ2v) is 3.41. The summed E-state index contributed by atoms with van der Waals surface area (Å²) in [5, 5.41) is 14.0. The number of nitro groups is 1. The van der Waals surface area contributed by atoms with Gasteiger partial charge < -0.3 is 5.84 Å². The van der Waals surface area contributed by atoms with Gasteiger partial charge in [-0.05, 0) is 5.56 Å². The van der Waals surface area contributed by atoms with Crippen molar-refractivity contribution < 1.29 is 4.92 Å². The summed E-state index contributed by atoms with van der Waals surface area (Å²) >= 11 is 0. The van der Waals surface area contributed by atoms with Crippen molar-refractivity contribution in [3.05, 3.63) is 56.8 Å². The predicted octanol–water partition coefficient (Wildman–Crippen LogP) is -0.285. The lowest BCUT2D eigenvalue weighted by Crippen LogP contribution is -2.30. The number of rotatable bonds is 3. The molecule has 0 radical (unpaired) electrons. The van der Waals surface area contributed by atoms with Gasteiger partial charge in [-0.3, -0.25) is 14.7 Å². The molecule has 0 atom stereocenters. The molecule has 0 saturated heterocycles. The highest BCUT2D eigenvalue weighted by atomic mass is 16.6. The van der Waals surface area contributed by atoms with Gasteiger partial charge >= 0.3 is 5.69 Å². The second-order valence-electron chi connectivity index (χ2n) is 3.41. The molecular formula is C9H9N5O3. The van der Waals surface area contributed by atoms with Crippen molar-refractivity contribution in [1.29, 1.82) is 0 Å². The minimum Gasteiger partial charge on any atom is -0.318 e. The fraction of sp³-hybridized carbons (Fsp3) is 0.111. The van der Waals surface area contributed by atoms with Gasteiger partial charge in [-0.2, -0.15) is 0 Å². The highest BCUT2D eigenvalue weighted by molar-refractivity contribution is 5.32. The Balaban J connectivity index is 2.22. The Morgan fingerprint density at radius 2 is 2.00 bits per heavy atom. The van der Waals surface area contributed by atoms with Crippen LogP contribution in [0.4, 0.5) is 5.69 Å². The molecule has 0 saturated carbocycles. The minimum atomic E-state index is -0.478. The molecule has 2 N–H and O–H groups in total. The lowest BCUT2D eigenvalue weighted by atomic mass is 10.2. The number of hydrogen-bond acceptors (Lipinski definition) is 5. The normalized spacial score (nSPS) is 10.4. The van der Waals surface area contributed by atoms with E-state index in [1.54, 1.807) is 12.1 Å². The van der Waals surface area contributed by atoms with E-state index in [9.17, 15) is 14.9 Å². The summed E-state index contributed by atoms with van der Waals surface area (Å²) in [4.78, 5) is 22.1. The Bertz CT molecular complexity index is 598. The third-order valence-electron chi connectivity index (χ3n) is 2.26. The van der Waals surface area contributed by atoms with Crippen LogP contribution in [-0.4, -0.2) is 19.4 Å². The van der Waals surface area contributed by atoms with E-state index in [1.165, 1.54) is 23.0 Å². The van der Waals surface area contributed by atoms with Crippen molar-refractivity contribution in [3.63, 3.8) is 0 Å². The molecule has 88 valence electrons. The van der Waals surface area contributed by atoms with Gasteiger partial charge in [0.15, 0.2) is 0 Å². The first kappa shape index (κ1) is 10.9. The van der Waals surface area contributed by atoms with Gasteiger partial charge in [-0.15, -0.1) is 9.89 Å². The van der Waals surface area contributed by atoms with Gasteiger partial charge in [-0.1, -0.05) is 12.1 Å². The molecule has 1 aromatic heterocycles. The highest BCUT2D eigenvalue weighted by Crippen LogP contribution is 2.12. The molecular weight excluding hydrogens is 226 g/mol. The molecule has 0 spiro atoms. The summed E-state index contributed by atoms with van der Waals surface area (Å²) < 4.78 is 1.31. The van der Waals surface area contributed by atoms with Crippen LogP contribution in [0.15, 0.2) is 35.4 Å². The van der Waals surface area contributed by atoms with Crippen LogP contribution in [0.5, 0.6) is 0 Å². The number of nitro benzene ring substituents is 1. The van der Waals surface area contributed by atoms with Crippen LogP contribution in [0.25, 0.3) is 0 Å². The molecule has 0 amide bonds. The highest BCUT2D eigenvalue weighted by Gasteiger charge is 2.06. The van der Waals surface area contributed by atoms with Crippen molar-refractivity contribution in [1.82, 2.24) is 14.5 Å². The van der Waals surface area contributed by atoms with Crippen LogP contribution in [0, 0.1) is 10.1 Å². The minimum absolute atomic E-state index is 0.00983. The lowest BCUT2D eigenvalue weighted by molar-refractivity contribution is -0.384. The summed E-state index contributed by atoms with van der Waals surface area (Å²) in [6.45, 7) is 0.272. The van der Waals surface area contributed by atoms with Crippen molar-refractivity contribution in [3.8, 4) is 0 Å². The van der Waals surface area contributed by atoms with Crippen molar-refractivity contribution in [2.45, 2.75) is 6.54 Å². The number of hydrogen-bond donors (Lipinski definition) is 1. The van der Waals surface area contributed by atoms with Gasteiger partial charge in [0.25, 0.3) is 5.69 Å². The zero-order valence-electron chi connectivity index (χ0n) is 8.68. The second kappa shape index (κ2) is 4.08. The molecule has 2 rings (SSSR count). The molecule has 0 aliphatic rings. The van der Waals surface area contributed by atoms with Gasteiger partial charge in [0.2, 0.25) is 0 Å². The standard InChI is InChI=1S/C9H9N5O3/c10-13-9(15)12(6-11-13)5-7-1-3-8(4-2-7)14(16)17/h1-4,6H,5,10H2. The Hall–Kier alpha value is -2.64.